The summed E-state index contributed by atoms with van der Waals surface area (Å²) in [7, 11) is 0. The molecule has 2 aromatic rings. The Labute approximate surface area is 168 Å². The van der Waals surface area contributed by atoms with Crippen molar-refractivity contribution in [3.05, 3.63) is 65.2 Å². The summed E-state index contributed by atoms with van der Waals surface area (Å²) in [4.78, 5) is 50.2. The van der Waals surface area contributed by atoms with E-state index >= 15 is 0 Å². The van der Waals surface area contributed by atoms with Crippen LogP contribution in [0.3, 0.4) is 0 Å². The largest absolute Gasteiger partial charge is 0.481 e. The van der Waals surface area contributed by atoms with Crippen LogP contribution in [0.5, 0.6) is 0 Å². The van der Waals surface area contributed by atoms with Crippen molar-refractivity contribution in [3.63, 3.8) is 0 Å². The van der Waals surface area contributed by atoms with Crippen molar-refractivity contribution in [2.75, 3.05) is 5.32 Å². The lowest BCUT2D eigenvalue weighted by molar-refractivity contribution is -0.137. The van der Waals surface area contributed by atoms with E-state index in [4.69, 9.17) is 5.11 Å². The molecule has 2 N–H and O–H groups in total. The third kappa shape index (κ3) is 4.18. The Morgan fingerprint density at radius 2 is 1.52 bits per heavy atom. The number of carbonyl (C=O) groups excluding carboxylic acids is 3. The monoisotopic (exact) mass is 394 g/mol. The van der Waals surface area contributed by atoms with Crippen molar-refractivity contribution < 1.29 is 24.3 Å². The van der Waals surface area contributed by atoms with E-state index in [0.717, 1.165) is 10.5 Å². The molecule has 1 aliphatic rings. The number of hydrogen-bond acceptors (Lipinski definition) is 4. The Kier molecular flexibility index (Phi) is 5.77. The van der Waals surface area contributed by atoms with Gasteiger partial charge in [-0.2, -0.15) is 0 Å². The highest BCUT2D eigenvalue weighted by Crippen LogP contribution is 2.27. The van der Waals surface area contributed by atoms with Crippen LogP contribution in [0.2, 0.25) is 0 Å². The van der Waals surface area contributed by atoms with Crippen LogP contribution in [-0.2, 0) is 16.0 Å². The number of carboxylic acids is 1. The lowest BCUT2D eigenvalue weighted by atomic mass is 10.0. The number of carboxylic acid groups (broad SMARTS) is 1. The summed E-state index contributed by atoms with van der Waals surface area (Å²) in [6, 6.07) is 12.4. The number of anilines is 1. The number of fused-ring (bicyclic) bond motifs is 1. The highest BCUT2D eigenvalue weighted by atomic mass is 16.4. The molecule has 7 nitrogen and oxygen atoms in total. The van der Waals surface area contributed by atoms with Crippen LogP contribution in [-0.4, -0.2) is 39.7 Å². The zero-order valence-electron chi connectivity index (χ0n) is 16.2. The standard InChI is InChI=1S/C22H22N2O5/c1-13(2)19(24-21(28)16-5-3-4-6-17(16)22(24)29)20(27)23-15-10-7-14(8-11-15)9-12-18(25)26/h3-8,10-11,13,19H,9,12H2,1-2H3,(H,23,27)(H,25,26). The van der Waals surface area contributed by atoms with Gasteiger partial charge in [0.25, 0.3) is 11.8 Å². The van der Waals surface area contributed by atoms with Crippen molar-refractivity contribution in [2.24, 2.45) is 5.92 Å². The molecule has 3 amide bonds. The summed E-state index contributed by atoms with van der Waals surface area (Å²) >= 11 is 0. The second-order valence-corrected chi connectivity index (χ2v) is 7.29. The van der Waals surface area contributed by atoms with Crippen LogP contribution in [0.15, 0.2) is 48.5 Å². The fourth-order valence-corrected chi connectivity index (χ4v) is 3.40. The van der Waals surface area contributed by atoms with Crippen LogP contribution in [0.4, 0.5) is 5.69 Å². The molecule has 1 atom stereocenters. The first-order valence-electron chi connectivity index (χ1n) is 9.38. The Balaban J connectivity index is 1.77. The van der Waals surface area contributed by atoms with Crippen molar-refractivity contribution in [2.45, 2.75) is 32.7 Å². The van der Waals surface area contributed by atoms with E-state index in [2.05, 4.69) is 5.32 Å². The minimum Gasteiger partial charge on any atom is -0.481 e. The van der Waals surface area contributed by atoms with Gasteiger partial charge in [0.2, 0.25) is 5.91 Å². The number of nitrogens with one attached hydrogen (secondary N) is 1. The topological polar surface area (TPSA) is 104 Å². The van der Waals surface area contributed by atoms with Crippen LogP contribution in [0.25, 0.3) is 0 Å². The highest BCUT2D eigenvalue weighted by Gasteiger charge is 2.43. The van der Waals surface area contributed by atoms with E-state index in [1.54, 1.807) is 62.4 Å². The predicted octanol–water partition coefficient (Wildman–Crippen LogP) is 2.96. The number of amides is 3. The second kappa shape index (κ2) is 8.26. The third-order valence-electron chi connectivity index (χ3n) is 4.85. The quantitative estimate of drug-likeness (QED) is 0.703. The maximum Gasteiger partial charge on any atom is 0.303 e. The van der Waals surface area contributed by atoms with Gasteiger partial charge in [0.1, 0.15) is 6.04 Å². The van der Waals surface area contributed by atoms with Gasteiger partial charge in [-0.15, -0.1) is 0 Å². The van der Waals surface area contributed by atoms with Gasteiger partial charge in [-0.3, -0.25) is 24.1 Å². The van der Waals surface area contributed by atoms with Gasteiger partial charge in [0.15, 0.2) is 0 Å². The number of benzene rings is 2. The highest BCUT2D eigenvalue weighted by molar-refractivity contribution is 6.23. The Morgan fingerprint density at radius 1 is 0.966 bits per heavy atom. The molecule has 0 aliphatic carbocycles. The van der Waals surface area contributed by atoms with E-state index in [1.165, 1.54) is 0 Å². The summed E-state index contributed by atoms with van der Waals surface area (Å²) in [5.41, 5.74) is 1.96. The molecule has 0 bridgehead atoms. The summed E-state index contributed by atoms with van der Waals surface area (Å²) < 4.78 is 0. The summed E-state index contributed by atoms with van der Waals surface area (Å²) in [5, 5.41) is 11.5. The fourth-order valence-electron chi connectivity index (χ4n) is 3.40. The average molecular weight is 394 g/mol. The van der Waals surface area contributed by atoms with Gasteiger partial charge in [0, 0.05) is 12.1 Å². The molecule has 1 heterocycles. The molecule has 0 radical (unpaired) electrons. The Morgan fingerprint density at radius 3 is 2.00 bits per heavy atom. The molecule has 0 aromatic heterocycles. The van der Waals surface area contributed by atoms with Crippen molar-refractivity contribution >= 4 is 29.4 Å². The molecule has 0 saturated carbocycles. The van der Waals surface area contributed by atoms with E-state index in [0.29, 0.717) is 23.2 Å². The number of imide groups is 1. The number of hydrogen-bond donors (Lipinski definition) is 2. The molecule has 2 aromatic carbocycles. The van der Waals surface area contributed by atoms with Gasteiger partial charge in [-0.25, -0.2) is 0 Å². The summed E-state index contributed by atoms with van der Waals surface area (Å²) in [6.07, 6.45) is 0.425. The normalized spacial score (nSPS) is 14.1. The molecular formula is C22H22N2O5. The Hall–Kier alpha value is -3.48. The number of nitrogens with zero attached hydrogens (tertiary/aromatic N) is 1. The van der Waals surface area contributed by atoms with Crippen molar-refractivity contribution in [1.82, 2.24) is 4.90 Å². The molecule has 150 valence electrons. The summed E-state index contributed by atoms with van der Waals surface area (Å²) in [6.45, 7) is 3.56. The van der Waals surface area contributed by atoms with Crippen molar-refractivity contribution in [3.8, 4) is 0 Å². The van der Waals surface area contributed by atoms with Crippen LogP contribution in [0, 0.1) is 5.92 Å². The van der Waals surface area contributed by atoms with Crippen molar-refractivity contribution in [1.29, 1.82) is 0 Å². The first-order valence-corrected chi connectivity index (χ1v) is 9.38. The molecule has 7 heteroatoms. The summed E-state index contributed by atoms with van der Waals surface area (Å²) in [5.74, 6) is -2.55. The minimum atomic E-state index is -0.950. The molecule has 1 unspecified atom stereocenters. The van der Waals surface area contributed by atoms with E-state index < -0.39 is 29.7 Å². The first kappa shape index (κ1) is 20.3. The van der Waals surface area contributed by atoms with Crippen LogP contribution >= 0.6 is 0 Å². The molecule has 0 saturated heterocycles. The fraction of sp³-hybridized carbons (Fsp3) is 0.273. The lowest BCUT2D eigenvalue weighted by Crippen LogP contribution is -2.50. The van der Waals surface area contributed by atoms with E-state index in [1.807, 2.05) is 0 Å². The number of rotatable bonds is 7. The zero-order valence-corrected chi connectivity index (χ0v) is 16.2. The van der Waals surface area contributed by atoms with E-state index in [9.17, 15) is 19.2 Å². The van der Waals surface area contributed by atoms with Gasteiger partial charge in [-0.1, -0.05) is 38.1 Å². The molecule has 0 fully saturated rings. The lowest BCUT2D eigenvalue weighted by Gasteiger charge is -2.28. The second-order valence-electron chi connectivity index (χ2n) is 7.29. The molecular weight excluding hydrogens is 372 g/mol. The van der Waals surface area contributed by atoms with Crippen LogP contribution in [0.1, 0.15) is 46.5 Å². The van der Waals surface area contributed by atoms with Gasteiger partial charge < -0.3 is 10.4 Å². The van der Waals surface area contributed by atoms with Gasteiger partial charge >= 0.3 is 5.97 Å². The van der Waals surface area contributed by atoms with Gasteiger partial charge in [-0.05, 0) is 42.2 Å². The maximum absolute atomic E-state index is 12.9. The smallest absolute Gasteiger partial charge is 0.303 e. The SMILES string of the molecule is CC(C)C(C(=O)Nc1ccc(CCC(=O)O)cc1)N1C(=O)c2ccccc2C1=O. The number of carbonyl (C=O) groups is 4. The van der Waals surface area contributed by atoms with Gasteiger partial charge in [0.05, 0.1) is 11.1 Å². The minimum absolute atomic E-state index is 0.0286. The predicted molar refractivity (Wildman–Crippen MR) is 107 cm³/mol. The molecule has 3 rings (SSSR count). The molecule has 1 aliphatic heterocycles. The first-order chi connectivity index (χ1) is 13.8. The Bertz CT molecular complexity index is 930. The van der Waals surface area contributed by atoms with Crippen LogP contribution < -0.4 is 5.32 Å². The number of aliphatic carboxylic acids is 1. The molecule has 0 spiro atoms. The molecule has 29 heavy (non-hydrogen) atoms. The average Bonchev–Trinajstić information content (AvgIpc) is 2.93. The maximum atomic E-state index is 12.9. The number of aryl methyl sites for hydroxylation is 1. The zero-order chi connectivity index (χ0) is 21.1. The van der Waals surface area contributed by atoms with E-state index in [-0.39, 0.29) is 12.3 Å². The third-order valence-corrected chi connectivity index (χ3v) is 4.85.